The molecule has 0 aliphatic heterocycles. The molecular weight excluding hydrogens is 160 g/mol. The zero-order valence-corrected chi connectivity index (χ0v) is 6.47. The lowest BCUT2D eigenvalue weighted by molar-refractivity contribution is 0.576. The molecule has 0 unspecified atom stereocenters. The normalized spacial score (nSPS) is 10.2. The molecule has 0 spiro atoms. The van der Waals surface area contributed by atoms with Gasteiger partial charge in [0.2, 0.25) is 5.89 Å². The Kier molecular flexibility index (Phi) is 1.40. The van der Waals surface area contributed by atoms with Crippen LogP contribution in [-0.2, 0) is 0 Å². The number of anilines is 1. The molecule has 2 aromatic heterocycles. The van der Waals surface area contributed by atoms with Crippen molar-refractivity contribution in [3.05, 3.63) is 24.6 Å². The maximum atomic E-state index is 5.53. The molecule has 3 nitrogen and oxygen atoms in total. The molecule has 0 aliphatic carbocycles. The van der Waals surface area contributed by atoms with Crippen molar-refractivity contribution in [1.82, 2.24) is 4.98 Å². The van der Waals surface area contributed by atoms with Gasteiger partial charge in [-0.3, -0.25) is 0 Å². The van der Waals surface area contributed by atoms with E-state index in [0.717, 1.165) is 9.88 Å². The largest absolute Gasteiger partial charge is 0.444 e. The molecule has 0 fully saturated rings. The summed E-state index contributed by atoms with van der Waals surface area (Å²) in [6.45, 7) is 0. The molecular formula is C7H6N2OS. The van der Waals surface area contributed by atoms with Crippen molar-refractivity contribution < 1.29 is 4.42 Å². The summed E-state index contributed by atoms with van der Waals surface area (Å²) in [4.78, 5) is 4.95. The number of oxazole rings is 1. The zero-order valence-electron chi connectivity index (χ0n) is 5.65. The van der Waals surface area contributed by atoms with Crippen LogP contribution in [-0.4, -0.2) is 4.98 Å². The average molecular weight is 166 g/mol. The minimum absolute atomic E-state index is 0.631. The molecule has 0 bridgehead atoms. The lowest BCUT2D eigenvalue weighted by atomic mass is 10.5. The van der Waals surface area contributed by atoms with Crippen molar-refractivity contribution in [3.63, 3.8) is 0 Å². The minimum Gasteiger partial charge on any atom is -0.444 e. The molecule has 4 heteroatoms. The van der Waals surface area contributed by atoms with E-state index in [1.54, 1.807) is 12.5 Å². The van der Waals surface area contributed by atoms with Gasteiger partial charge in [0.05, 0.1) is 16.1 Å². The maximum Gasteiger partial charge on any atom is 0.236 e. The Balaban J connectivity index is 2.45. The van der Waals surface area contributed by atoms with Gasteiger partial charge in [-0.2, -0.15) is 0 Å². The van der Waals surface area contributed by atoms with Gasteiger partial charge in [0.15, 0.2) is 0 Å². The summed E-state index contributed by atoms with van der Waals surface area (Å²) in [6, 6.07) is 3.73. The summed E-state index contributed by atoms with van der Waals surface area (Å²) in [5, 5.41) is 0.776. The van der Waals surface area contributed by atoms with E-state index in [0.29, 0.717) is 5.89 Å². The number of aromatic nitrogens is 1. The number of nitrogens with two attached hydrogens (primary N) is 1. The van der Waals surface area contributed by atoms with Crippen LogP contribution >= 0.6 is 11.3 Å². The molecule has 0 atom stereocenters. The van der Waals surface area contributed by atoms with Gasteiger partial charge in [-0.25, -0.2) is 4.98 Å². The van der Waals surface area contributed by atoms with Gasteiger partial charge in [0, 0.05) is 0 Å². The molecule has 56 valence electrons. The van der Waals surface area contributed by atoms with Crippen LogP contribution in [0.25, 0.3) is 10.8 Å². The topological polar surface area (TPSA) is 52.0 Å². The predicted octanol–water partition coefficient (Wildman–Crippen LogP) is 1.99. The minimum atomic E-state index is 0.631. The highest BCUT2D eigenvalue weighted by Gasteiger charge is 2.03. The van der Waals surface area contributed by atoms with Gasteiger partial charge in [-0.05, 0) is 12.1 Å². The third kappa shape index (κ3) is 1.12. The summed E-state index contributed by atoms with van der Waals surface area (Å²) in [6.07, 6.45) is 3.16. The van der Waals surface area contributed by atoms with E-state index in [1.165, 1.54) is 11.3 Å². The predicted molar refractivity (Wildman–Crippen MR) is 44.2 cm³/mol. The number of nitrogen functional groups attached to an aromatic ring is 1. The van der Waals surface area contributed by atoms with Crippen LogP contribution in [0.1, 0.15) is 0 Å². The molecule has 2 rings (SSSR count). The summed E-state index contributed by atoms with van der Waals surface area (Å²) in [5.74, 6) is 0.631. The first kappa shape index (κ1) is 6.42. The van der Waals surface area contributed by atoms with Crippen LogP contribution in [0, 0.1) is 0 Å². The number of thiophene rings is 1. The Morgan fingerprint density at radius 1 is 1.45 bits per heavy atom. The second-order valence-corrected chi connectivity index (χ2v) is 3.15. The lowest BCUT2D eigenvalue weighted by Crippen LogP contribution is -1.72. The summed E-state index contributed by atoms with van der Waals surface area (Å²) < 4.78 is 5.08. The van der Waals surface area contributed by atoms with Crippen LogP contribution in [0.15, 0.2) is 29.0 Å². The molecule has 0 saturated heterocycles. The molecule has 2 aromatic rings. The quantitative estimate of drug-likeness (QED) is 0.704. The van der Waals surface area contributed by atoms with Gasteiger partial charge in [0.1, 0.15) is 6.26 Å². The van der Waals surface area contributed by atoms with E-state index in [1.807, 2.05) is 12.1 Å². The Morgan fingerprint density at radius 2 is 2.36 bits per heavy atom. The summed E-state index contributed by atoms with van der Waals surface area (Å²) in [5.41, 5.74) is 5.53. The summed E-state index contributed by atoms with van der Waals surface area (Å²) >= 11 is 1.47. The first-order valence-corrected chi connectivity index (χ1v) is 3.93. The second-order valence-electron chi connectivity index (χ2n) is 2.04. The SMILES string of the molecule is Nc1ccc(-c2ncco2)s1. The van der Waals surface area contributed by atoms with Crippen LogP contribution in [0.2, 0.25) is 0 Å². The molecule has 2 heterocycles. The molecule has 0 aliphatic rings. The Hall–Kier alpha value is -1.29. The van der Waals surface area contributed by atoms with Crippen LogP contribution < -0.4 is 5.73 Å². The summed E-state index contributed by atoms with van der Waals surface area (Å²) in [7, 11) is 0. The highest BCUT2D eigenvalue weighted by atomic mass is 32.1. The second kappa shape index (κ2) is 2.39. The van der Waals surface area contributed by atoms with E-state index in [4.69, 9.17) is 10.2 Å². The number of hydrogen-bond acceptors (Lipinski definition) is 4. The van der Waals surface area contributed by atoms with Crippen molar-refractivity contribution in [2.24, 2.45) is 0 Å². The van der Waals surface area contributed by atoms with Gasteiger partial charge in [-0.1, -0.05) is 0 Å². The number of rotatable bonds is 1. The molecule has 0 saturated carbocycles. The van der Waals surface area contributed by atoms with Crippen LogP contribution in [0.3, 0.4) is 0 Å². The van der Waals surface area contributed by atoms with E-state index in [9.17, 15) is 0 Å². The fourth-order valence-corrected chi connectivity index (χ4v) is 1.53. The average Bonchev–Trinajstić information content (AvgIpc) is 2.55. The third-order valence-electron chi connectivity index (χ3n) is 1.27. The number of hydrogen-bond donors (Lipinski definition) is 1. The van der Waals surface area contributed by atoms with Gasteiger partial charge >= 0.3 is 0 Å². The lowest BCUT2D eigenvalue weighted by Gasteiger charge is -1.84. The van der Waals surface area contributed by atoms with E-state index < -0.39 is 0 Å². The molecule has 0 radical (unpaired) electrons. The Labute approximate surface area is 67.5 Å². The maximum absolute atomic E-state index is 5.53. The highest BCUT2D eigenvalue weighted by molar-refractivity contribution is 7.19. The Morgan fingerprint density at radius 3 is 2.91 bits per heavy atom. The van der Waals surface area contributed by atoms with Gasteiger partial charge in [-0.15, -0.1) is 11.3 Å². The van der Waals surface area contributed by atoms with E-state index in [2.05, 4.69) is 4.98 Å². The standard InChI is InChI=1S/C7H6N2OS/c8-6-2-1-5(11-6)7-9-3-4-10-7/h1-4H,8H2. The fourth-order valence-electron chi connectivity index (χ4n) is 0.813. The van der Waals surface area contributed by atoms with Gasteiger partial charge in [0.25, 0.3) is 0 Å². The first-order chi connectivity index (χ1) is 5.36. The van der Waals surface area contributed by atoms with Crippen molar-refractivity contribution >= 4 is 16.3 Å². The van der Waals surface area contributed by atoms with Crippen molar-refractivity contribution in [2.75, 3.05) is 5.73 Å². The Bertz CT molecular complexity index is 339. The van der Waals surface area contributed by atoms with Crippen LogP contribution in [0.4, 0.5) is 5.00 Å². The van der Waals surface area contributed by atoms with Crippen molar-refractivity contribution in [3.8, 4) is 10.8 Å². The molecule has 0 aromatic carbocycles. The number of nitrogens with zero attached hydrogens (tertiary/aromatic N) is 1. The van der Waals surface area contributed by atoms with E-state index >= 15 is 0 Å². The van der Waals surface area contributed by atoms with E-state index in [-0.39, 0.29) is 0 Å². The highest BCUT2D eigenvalue weighted by Crippen LogP contribution is 2.27. The first-order valence-electron chi connectivity index (χ1n) is 3.11. The van der Waals surface area contributed by atoms with Crippen LogP contribution in [0.5, 0.6) is 0 Å². The molecule has 2 N–H and O–H groups in total. The zero-order chi connectivity index (χ0) is 7.68. The third-order valence-corrected chi connectivity index (χ3v) is 2.17. The smallest absolute Gasteiger partial charge is 0.236 e. The van der Waals surface area contributed by atoms with Gasteiger partial charge < -0.3 is 10.2 Å². The van der Waals surface area contributed by atoms with Crippen molar-refractivity contribution in [2.45, 2.75) is 0 Å². The monoisotopic (exact) mass is 166 g/mol. The molecule has 0 amide bonds. The molecule has 11 heavy (non-hydrogen) atoms. The fraction of sp³-hybridized carbons (Fsp3) is 0. The van der Waals surface area contributed by atoms with Crippen molar-refractivity contribution in [1.29, 1.82) is 0 Å².